The van der Waals surface area contributed by atoms with Gasteiger partial charge in [-0.3, -0.25) is 4.79 Å². The fourth-order valence-corrected chi connectivity index (χ4v) is 6.20. The Morgan fingerprint density at radius 3 is 2.30 bits per heavy atom. The minimum atomic E-state index is -1.57. The molecule has 7 heteroatoms. The van der Waals surface area contributed by atoms with Crippen molar-refractivity contribution >= 4 is 23.4 Å². The third kappa shape index (κ3) is 3.97. The zero-order valence-corrected chi connectivity index (χ0v) is 17.7. The second kappa shape index (κ2) is 7.93. The Bertz CT molecular complexity index is 955. The Morgan fingerprint density at radius 1 is 1.10 bits per heavy atom. The molecule has 0 radical (unpaired) electrons. The highest BCUT2D eigenvalue weighted by Gasteiger charge is 2.50. The van der Waals surface area contributed by atoms with Crippen molar-refractivity contribution in [1.82, 2.24) is 0 Å². The molecule has 30 heavy (non-hydrogen) atoms. The summed E-state index contributed by atoms with van der Waals surface area (Å²) in [6, 6.07) is 6.78. The summed E-state index contributed by atoms with van der Waals surface area (Å²) in [5.41, 5.74) is 0.685. The van der Waals surface area contributed by atoms with Crippen LogP contribution in [0.1, 0.15) is 48.5 Å². The van der Waals surface area contributed by atoms with E-state index in [1.807, 2.05) is 19.9 Å². The monoisotopic (exact) mass is 435 g/mol. The number of anilines is 1. The van der Waals surface area contributed by atoms with E-state index in [9.17, 15) is 23.1 Å². The number of thioether (sulfide) groups is 1. The molecule has 0 spiro atoms. The maximum atomic E-state index is 13.4. The first kappa shape index (κ1) is 21.2. The molecule has 1 unspecified atom stereocenters. The second-order valence-electron chi connectivity index (χ2n) is 8.60. The highest BCUT2D eigenvalue weighted by Crippen LogP contribution is 2.53. The SMILES string of the molecule is Cc1ccc(C(=O)Nc2cc(F)c(F)c(F)c2)cc1S[C@@H]1CC2CC[C@@H](C1)[C@]2(C)O. The molecule has 2 fully saturated rings. The summed E-state index contributed by atoms with van der Waals surface area (Å²) in [5, 5.41) is 13.5. The summed E-state index contributed by atoms with van der Waals surface area (Å²) in [4.78, 5) is 13.6. The zero-order chi connectivity index (χ0) is 21.6. The molecule has 2 N–H and O–H groups in total. The second-order valence-corrected chi connectivity index (χ2v) is 9.94. The van der Waals surface area contributed by atoms with Crippen molar-refractivity contribution in [3.05, 3.63) is 58.9 Å². The molecule has 4 rings (SSSR count). The van der Waals surface area contributed by atoms with Crippen LogP contribution in [0.5, 0.6) is 0 Å². The lowest BCUT2D eigenvalue weighted by Gasteiger charge is -2.40. The fourth-order valence-electron chi connectivity index (χ4n) is 4.74. The van der Waals surface area contributed by atoms with Crippen LogP contribution in [0.25, 0.3) is 0 Å². The Hall–Kier alpha value is -1.99. The van der Waals surface area contributed by atoms with Crippen molar-refractivity contribution in [3.63, 3.8) is 0 Å². The Balaban J connectivity index is 1.49. The van der Waals surface area contributed by atoms with Crippen LogP contribution in [0.3, 0.4) is 0 Å². The molecular formula is C23H24F3NO2S. The van der Waals surface area contributed by atoms with Crippen molar-refractivity contribution in [2.45, 2.75) is 55.3 Å². The lowest BCUT2D eigenvalue weighted by molar-refractivity contribution is -0.0407. The maximum Gasteiger partial charge on any atom is 0.255 e. The summed E-state index contributed by atoms with van der Waals surface area (Å²) in [5.74, 6) is -4.18. The number of amides is 1. The van der Waals surface area contributed by atoms with Crippen LogP contribution in [-0.2, 0) is 0 Å². The Labute approximate surface area is 178 Å². The number of fused-ring (bicyclic) bond motifs is 2. The third-order valence-electron chi connectivity index (χ3n) is 6.60. The summed E-state index contributed by atoms with van der Waals surface area (Å²) in [6.45, 7) is 3.93. The van der Waals surface area contributed by atoms with Gasteiger partial charge in [0, 0.05) is 33.5 Å². The van der Waals surface area contributed by atoms with E-state index in [1.54, 1.807) is 23.9 Å². The number of halogens is 3. The number of rotatable bonds is 4. The standard InChI is InChI=1S/C23H24F3NO2S/c1-12-3-4-13(22(28)27-16-10-18(24)21(26)19(25)11-16)7-20(12)30-17-8-14-5-6-15(9-17)23(14,2)29/h3-4,7,10-11,14-15,17,29H,5-6,8-9H2,1-2H3,(H,27,28)/t14-,15?,17-,23-/m0/s1. The third-order valence-corrected chi connectivity index (χ3v) is 8.01. The van der Waals surface area contributed by atoms with Crippen molar-refractivity contribution in [3.8, 4) is 0 Å². The number of hydrogen-bond acceptors (Lipinski definition) is 3. The van der Waals surface area contributed by atoms with Gasteiger partial charge in [0.1, 0.15) is 0 Å². The van der Waals surface area contributed by atoms with E-state index in [0.717, 1.165) is 48.3 Å². The van der Waals surface area contributed by atoms with Gasteiger partial charge in [0.2, 0.25) is 0 Å². The lowest BCUT2D eigenvalue weighted by atomic mass is 9.76. The predicted molar refractivity (Wildman–Crippen MR) is 111 cm³/mol. The average molecular weight is 436 g/mol. The van der Waals surface area contributed by atoms with Crippen LogP contribution >= 0.6 is 11.8 Å². The van der Waals surface area contributed by atoms with Crippen LogP contribution in [0, 0.1) is 36.2 Å². The van der Waals surface area contributed by atoms with Gasteiger partial charge in [-0.2, -0.15) is 0 Å². The number of aryl methyl sites for hydroxylation is 1. The molecule has 2 aromatic carbocycles. The molecule has 3 nitrogen and oxygen atoms in total. The number of nitrogens with one attached hydrogen (secondary N) is 1. The van der Waals surface area contributed by atoms with Crippen molar-refractivity contribution in [2.24, 2.45) is 11.8 Å². The van der Waals surface area contributed by atoms with E-state index in [0.29, 0.717) is 22.6 Å². The van der Waals surface area contributed by atoms with Crippen LogP contribution in [-0.4, -0.2) is 21.9 Å². The molecule has 4 atom stereocenters. The smallest absolute Gasteiger partial charge is 0.255 e. The predicted octanol–water partition coefficient (Wildman–Crippen LogP) is 5.70. The van der Waals surface area contributed by atoms with Gasteiger partial charge in [-0.25, -0.2) is 13.2 Å². The normalized spacial score (nSPS) is 27.9. The fraction of sp³-hybridized carbons (Fsp3) is 0.435. The van der Waals surface area contributed by atoms with Crippen LogP contribution < -0.4 is 5.32 Å². The molecule has 0 saturated heterocycles. The van der Waals surface area contributed by atoms with E-state index in [1.165, 1.54) is 0 Å². The lowest BCUT2D eigenvalue weighted by Crippen LogP contribution is -2.42. The van der Waals surface area contributed by atoms with Crippen molar-refractivity contribution in [2.75, 3.05) is 5.32 Å². The topological polar surface area (TPSA) is 49.3 Å². The van der Waals surface area contributed by atoms with Gasteiger partial charge in [-0.15, -0.1) is 11.8 Å². The van der Waals surface area contributed by atoms with Gasteiger partial charge in [0.15, 0.2) is 17.5 Å². The summed E-state index contributed by atoms with van der Waals surface area (Å²) < 4.78 is 39.9. The molecule has 160 valence electrons. The van der Waals surface area contributed by atoms with Crippen LogP contribution in [0.15, 0.2) is 35.2 Å². The van der Waals surface area contributed by atoms with E-state index >= 15 is 0 Å². The minimum absolute atomic E-state index is 0.141. The average Bonchev–Trinajstić information content (AvgIpc) is 2.84. The first-order valence-electron chi connectivity index (χ1n) is 10.1. The quantitative estimate of drug-likeness (QED) is 0.606. The molecule has 2 bridgehead atoms. The van der Waals surface area contributed by atoms with Gasteiger partial charge >= 0.3 is 0 Å². The van der Waals surface area contributed by atoms with E-state index < -0.39 is 29.0 Å². The molecule has 2 aromatic rings. The first-order chi connectivity index (χ1) is 14.1. The number of hydrogen-bond donors (Lipinski definition) is 2. The number of carbonyl (C=O) groups excluding carboxylic acids is 1. The van der Waals surface area contributed by atoms with Crippen molar-refractivity contribution in [1.29, 1.82) is 0 Å². The van der Waals surface area contributed by atoms with Crippen LogP contribution in [0.2, 0.25) is 0 Å². The maximum absolute atomic E-state index is 13.4. The molecule has 0 heterocycles. The van der Waals surface area contributed by atoms with E-state index in [4.69, 9.17) is 0 Å². The van der Waals surface area contributed by atoms with Gasteiger partial charge in [-0.1, -0.05) is 6.07 Å². The zero-order valence-electron chi connectivity index (χ0n) is 16.8. The highest BCUT2D eigenvalue weighted by molar-refractivity contribution is 8.00. The summed E-state index contributed by atoms with van der Waals surface area (Å²) in [7, 11) is 0. The van der Waals surface area contributed by atoms with E-state index in [2.05, 4.69) is 5.32 Å². The molecule has 1 amide bonds. The highest BCUT2D eigenvalue weighted by atomic mass is 32.2. The summed E-state index contributed by atoms with van der Waals surface area (Å²) >= 11 is 1.72. The Kier molecular flexibility index (Phi) is 5.62. The molecule has 2 aliphatic carbocycles. The van der Waals surface area contributed by atoms with Gasteiger partial charge in [0.25, 0.3) is 5.91 Å². The molecule has 0 aliphatic heterocycles. The molecular weight excluding hydrogens is 411 g/mol. The number of carbonyl (C=O) groups is 1. The minimum Gasteiger partial charge on any atom is -0.390 e. The Morgan fingerprint density at radius 2 is 1.70 bits per heavy atom. The van der Waals surface area contributed by atoms with Gasteiger partial charge < -0.3 is 10.4 Å². The largest absolute Gasteiger partial charge is 0.390 e. The van der Waals surface area contributed by atoms with Crippen molar-refractivity contribution < 1.29 is 23.1 Å². The number of benzene rings is 2. The first-order valence-corrected chi connectivity index (χ1v) is 11.0. The summed E-state index contributed by atoms with van der Waals surface area (Å²) in [6.07, 6.45) is 4.00. The van der Waals surface area contributed by atoms with E-state index in [-0.39, 0.29) is 5.69 Å². The van der Waals surface area contributed by atoms with Gasteiger partial charge in [-0.05, 0) is 69.1 Å². The molecule has 2 saturated carbocycles. The number of aliphatic hydroxyl groups is 1. The molecule has 2 aliphatic rings. The van der Waals surface area contributed by atoms with Gasteiger partial charge in [0.05, 0.1) is 5.60 Å². The molecule has 0 aromatic heterocycles. The van der Waals surface area contributed by atoms with Crippen LogP contribution in [0.4, 0.5) is 18.9 Å².